The van der Waals surface area contributed by atoms with Gasteiger partial charge in [0.15, 0.2) is 0 Å². The van der Waals surface area contributed by atoms with Gasteiger partial charge in [-0.1, -0.05) is 13.8 Å². The lowest BCUT2D eigenvalue weighted by Gasteiger charge is -2.21. The highest BCUT2D eigenvalue weighted by molar-refractivity contribution is 5.04. The third-order valence-electron chi connectivity index (χ3n) is 3.06. The summed E-state index contributed by atoms with van der Waals surface area (Å²) in [5.74, 6) is 0.566. The molecule has 0 fully saturated rings. The third kappa shape index (κ3) is 4.78. The fraction of sp³-hybridized carbons (Fsp3) is 0.786. The van der Waals surface area contributed by atoms with E-state index in [1.54, 1.807) is 0 Å². The molecule has 4 heteroatoms. The molecule has 4 nitrogen and oxygen atoms in total. The Kier molecular flexibility index (Phi) is 6.36. The molecule has 0 saturated carbocycles. The standard InChI is InChI=1S/C14H27N3O/c1-6-18-10-14(11(2)3)15-7-13-8-16-17(9-13)12(4)5/h8-9,11-12,14-15H,6-7,10H2,1-5H3. The summed E-state index contributed by atoms with van der Waals surface area (Å²) in [4.78, 5) is 0. The summed E-state index contributed by atoms with van der Waals surface area (Å²) in [6, 6.07) is 0.815. The summed E-state index contributed by atoms with van der Waals surface area (Å²) in [6.07, 6.45) is 4.04. The van der Waals surface area contributed by atoms with Crippen molar-refractivity contribution >= 4 is 0 Å². The quantitative estimate of drug-likeness (QED) is 0.774. The zero-order chi connectivity index (χ0) is 13.5. The van der Waals surface area contributed by atoms with E-state index >= 15 is 0 Å². The first-order valence-corrected chi connectivity index (χ1v) is 6.88. The Morgan fingerprint density at radius 2 is 2.06 bits per heavy atom. The van der Waals surface area contributed by atoms with Gasteiger partial charge in [-0.2, -0.15) is 5.10 Å². The van der Waals surface area contributed by atoms with Gasteiger partial charge >= 0.3 is 0 Å². The van der Waals surface area contributed by atoms with Crippen LogP contribution in [0.15, 0.2) is 12.4 Å². The van der Waals surface area contributed by atoms with Crippen molar-refractivity contribution in [2.75, 3.05) is 13.2 Å². The molecule has 0 radical (unpaired) electrons. The zero-order valence-electron chi connectivity index (χ0n) is 12.3. The minimum Gasteiger partial charge on any atom is -0.380 e. The van der Waals surface area contributed by atoms with Crippen LogP contribution in [0.2, 0.25) is 0 Å². The van der Waals surface area contributed by atoms with Gasteiger partial charge in [-0.05, 0) is 26.7 Å². The SMILES string of the molecule is CCOCC(NCc1cnn(C(C)C)c1)C(C)C. The van der Waals surface area contributed by atoms with Crippen molar-refractivity contribution < 1.29 is 4.74 Å². The second-order valence-electron chi connectivity index (χ2n) is 5.31. The van der Waals surface area contributed by atoms with E-state index < -0.39 is 0 Å². The van der Waals surface area contributed by atoms with Crippen molar-refractivity contribution in [3.05, 3.63) is 18.0 Å². The van der Waals surface area contributed by atoms with Crippen LogP contribution >= 0.6 is 0 Å². The van der Waals surface area contributed by atoms with E-state index in [0.717, 1.165) is 19.8 Å². The fourth-order valence-electron chi connectivity index (χ4n) is 1.73. The molecule has 0 saturated heterocycles. The van der Waals surface area contributed by atoms with Crippen LogP contribution in [0.5, 0.6) is 0 Å². The second kappa shape index (κ2) is 7.54. The Morgan fingerprint density at radius 1 is 1.33 bits per heavy atom. The molecule has 1 aromatic heterocycles. The summed E-state index contributed by atoms with van der Waals surface area (Å²) >= 11 is 0. The number of hydrogen-bond acceptors (Lipinski definition) is 3. The van der Waals surface area contributed by atoms with Crippen LogP contribution in [0.25, 0.3) is 0 Å². The number of rotatable bonds is 8. The molecule has 0 aliphatic rings. The molecule has 0 aliphatic carbocycles. The summed E-state index contributed by atoms with van der Waals surface area (Å²) in [7, 11) is 0. The molecule has 1 unspecified atom stereocenters. The van der Waals surface area contributed by atoms with Crippen molar-refractivity contribution in [3.8, 4) is 0 Å². The molecule has 0 aromatic carbocycles. The van der Waals surface area contributed by atoms with Gasteiger partial charge in [-0.3, -0.25) is 4.68 Å². The summed E-state index contributed by atoms with van der Waals surface area (Å²) in [5.41, 5.74) is 1.23. The van der Waals surface area contributed by atoms with Crippen LogP contribution in [-0.2, 0) is 11.3 Å². The summed E-state index contributed by atoms with van der Waals surface area (Å²) in [5, 5.41) is 7.89. The van der Waals surface area contributed by atoms with Crippen molar-refractivity contribution in [1.82, 2.24) is 15.1 Å². The van der Waals surface area contributed by atoms with Crippen LogP contribution in [0.3, 0.4) is 0 Å². The van der Waals surface area contributed by atoms with E-state index in [1.165, 1.54) is 5.56 Å². The Labute approximate surface area is 111 Å². The number of ether oxygens (including phenoxy) is 1. The van der Waals surface area contributed by atoms with Gasteiger partial charge in [0.2, 0.25) is 0 Å². The van der Waals surface area contributed by atoms with Gasteiger partial charge in [0.1, 0.15) is 0 Å². The van der Waals surface area contributed by atoms with Crippen LogP contribution in [0.1, 0.15) is 46.2 Å². The van der Waals surface area contributed by atoms with E-state index in [0.29, 0.717) is 18.0 Å². The van der Waals surface area contributed by atoms with E-state index in [1.807, 2.05) is 17.8 Å². The minimum atomic E-state index is 0.396. The molecule has 104 valence electrons. The Bertz CT molecular complexity index is 334. The Morgan fingerprint density at radius 3 is 2.56 bits per heavy atom. The van der Waals surface area contributed by atoms with E-state index in [2.05, 4.69) is 44.3 Å². The molecule has 18 heavy (non-hydrogen) atoms. The van der Waals surface area contributed by atoms with E-state index in [4.69, 9.17) is 4.74 Å². The smallest absolute Gasteiger partial charge is 0.0622 e. The average molecular weight is 253 g/mol. The molecule has 0 spiro atoms. The van der Waals surface area contributed by atoms with Gasteiger partial charge in [0.25, 0.3) is 0 Å². The molecule has 1 atom stereocenters. The maximum absolute atomic E-state index is 5.51. The largest absolute Gasteiger partial charge is 0.380 e. The maximum Gasteiger partial charge on any atom is 0.0622 e. The normalized spacial score (nSPS) is 13.5. The lowest BCUT2D eigenvalue weighted by atomic mass is 10.1. The van der Waals surface area contributed by atoms with Gasteiger partial charge in [0.05, 0.1) is 12.8 Å². The first kappa shape index (κ1) is 15.2. The van der Waals surface area contributed by atoms with E-state index in [-0.39, 0.29) is 0 Å². The third-order valence-corrected chi connectivity index (χ3v) is 3.06. The highest BCUT2D eigenvalue weighted by atomic mass is 16.5. The molecular weight excluding hydrogens is 226 g/mol. The fourth-order valence-corrected chi connectivity index (χ4v) is 1.73. The number of aromatic nitrogens is 2. The predicted molar refractivity (Wildman–Crippen MR) is 74.6 cm³/mol. The molecule has 1 rings (SSSR count). The summed E-state index contributed by atoms with van der Waals surface area (Å²) < 4.78 is 7.50. The molecule has 0 bridgehead atoms. The molecule has 1 heterocycles. The number of nitrogens with zero attached hydrogens (tertiary/aromatic N) is 2. The van der Waals surface area contributed by atoms with Gasteiger partial charge < -0.3 is 10.1 Å². The Balaban J connectivity index is 2.45. The van der Waals surface area contributed by atoms with Crippen molar-refractivity contribution in [2.45, 2.75) is 53.2 Å². The molecule has 0 aliphatic heterocycles. The van der Waals surface area contributed by atoms with Crippen molar-refractivity contribution in [3.63, 3.8) is 0 Å². The second-order valence-corrected chi connectivity index (χ2v) is 5.31. The van der Waals surface area contributed by atoms with E-state index in [9.17, 15) is 0 Å². The number of nitrogens with one attached hydrogen (secondary N) is 1. The lowest BCUT2D eigenvalue weighted by Crippen LogP contribution is -2.37. The van der Waals surface area contributed by atoms with Gasteiger partial charge in [0, 0.05) is 37.0 Å². The summed E-state index contributed by atoms with van der Waals surface area (Å²) in [6.45, 7) is 13.1. The Hall–Kier alpha value is -0.870. The van der Waals surface area contributed by atoms with Crippen LogP contribution in [0.4, 0.5) is 0 Å². The average Bonchev–Trinajstić information content (AvgIpc) is 2.77. The molecule has 0 amide bonds. The molecule has 1 aromatic rings. The lowest BCUT2D eigenvalue weighted by molar-refractivity contribution is 0.108. The highest BCUT2D eigenvalue weighted by Crippen LogP contribution is 2.07. The first-order chi connectivity index (χ1) is 8.54. The zero-order valence-corrected chi connectivity index (χ0v) is 12.3. The predicted octanol–water partition coefficient (Wildman–Crippen LogP) is 2.61. The monoisotopic (exact) mass is 253 g/mol. The highest BCUT2D eigenvalue weighted by Gasteiger charge is 2.13. The van der Waals surface area contributed by atoms with Gasteiger partial charge in [-0.25, -0.2) is 0 Å². The number of hydrogen-bond donors (Lipinski definition) is 1. The minimum absolute atomic E-state index is 0.396. The first-order valence-electron chi connectivity index (χ1n) is 6.88. The van der Waals surface area contributed by atoms with Crippen LogP contribution < -0.4 is 5.32 Å². The molecular formula is C14H27N3O. The topological polar surface area (TPSA) is 39.1 Å². The van der Waals surface area contributed by atoms with Crippen LogP contribution in [-0.4, -0.2) is 29.0 Å². The van der Waals surface area contributed by atoms with Gasteiger partial charge in [-0.15, -0.1) is 0 Å². The van der Waals surface area contributed by atoms with Crippen LogP contribution in [0, 0.1) is 5.92 Å². The van der Waals surface area contributed by atoms with Crippen molar-refractivity contribution in [2.24, 2.45) is 5.92 Å². The maximum atomic E-state index is 5.51. The molecule has 1 N–H and O–H groups in total. The van der Waals surface area contributed by atoms with Crippen molar-refractivity contribution in [1.29, 1.82) is 0 Å².